The van der Waals surface area contributed by atoms with Crippen LogP contribution in [0.4, 0.5) is 10.1 Å². The number of rotatable bonds is 7. The number of unbranched alkanes of at least 4 members (excludes halogenated alkanes) is 2. The van der Waals surface area contributed by atoms with Crippen molar-refractivity contribution >= 4 is 15.7 Å². The average Bonchev–Trinajstić information content (AvgIpc) is 2.32. The number of sulfonamides is 1. The van der Waals surface area contributed by atoms with Crippen LogP contribution in [0.1, 0.15) is 39.5 Å². The molecule has 1 atom stereocenters. The van der Waals surface area contributed by atoms with E-state index >= 15 is 0 Å². The van der Waals surface area contributed by atoms with Gasteiger partial charge in [0.2, 0.25) is 10.0 Å². The van der Waals surface area contributed by atoms with Crippen LogP contribution in [-0.4, -0.2) is 14.5 Å². The van der Waals surface area contributed by atoms with Crippen LogP contribution in [0.3, 0.4) is 0 Å². The number of benzene rings is 1. The number of hydrogen-bond donors (Lipinski definition) is 2. The van der Waals surface area contributed by atoms with Crippen molar-refractivity contribution in [2.24, 2.45) is 0 Å². The number of anilines is 1. The van der Waals surface area contributed by atoms with Gasteiger partial charge in [0.1, 0.15) is 5.82 Å². The lowest BCUT2D eigenvalue weighted by atomic mass is 10.1. The molecule has 1 aromatic carbocycles. The summed E-state index contributed by atoms with van der Waals surface area (Å²) >= 11 is 0. The molecule has 0 saturated carbocycles. The molecule has 0 bridgehead atoms. The molecule has 6 heteroatoms. The summed E-state index contributed by atoms with van der Waals surface area (Å²) in [6.07, 6.45) is 3.93. The van der Waals surface area contributed by atoms with Gasteiger partial charge < -0.3 is 5.73 Å². The number of halogens is 1. The van der Waals surface area contributed by atoms with E-state index < -0.39 is 15.8 Å². The van der Waals surface area contributed by atoms with Crippen molar-refractivity contribution in [2.75, 3.05) is 5.73 Å². The minimum Gasteiger partial charge on any atom is -0.396 e. The van der Waals surface area contributed by atoms with E-state index in [0.29, 0.717) is 0 Å². The van der Waals surface area contributed by atoms with Gasteiger partial charge in [0.25, 0.3) is 0 Å². The highest BCUT2D eigenvalue weighted by Crippen LogP contribution is 2.17. The highest BCUT2D eigenvalue weighted by atomic mass is 32.2. The molecule has 0 aliphatic carbocycles. The fourth-order valence-electron chi connectivity index (χ4n) is 1.78. The van der Waals surface area contributed by atoms with Gasteiger partial charge in [-0.2, -0.15) is 0 Å². The third-order valence-electron chi connectivity index (χ3n) is 2.87. The number of hydrogen-bond acceptors (Lipinski definition) is 3. The Morgan fingerprint density at radius 1 is 1.37 bits per heavy atom. The van der Waals surface area contributed by atoms with Crippen LogP contribution in [0.15, 0.2) is 23.1 Å². The topological polar surface area (TPSA) is 72.2 Å². The van der Waals surface area contributed by atoms with Crippen molar-refractivity contribution in [3.05, 3.63) is 24.0 Å². The van der Waals surface area contributed by atoms with Crippen LogP contribution in [0, 0.1) is 5.82 Å². The van der Waals surface area contributed by atoms with Gasteiger partial charge in [-0.15, -0.1) is 0 Å². The first-order chi connectivity index (χ1) is 8.86. The Morgan fingerprint density at radius 2 is 2.05 bits per heavy atom. The van der Waals surface area contributed by atoms with Gasteiger partial charge in [-0.1, -0.05) is 26.2 Å². The van der Waals surface area contributed by atoms with E-state index in [9.17, 15) is 12.8 Å². The Kier molecular flexibility index (Phi) is 5.75. The predicted molar refractivity (Wildman–Crippen MR) is 74.7 cm³/mol. The molecule has 0 aliphatic heterocycles. The van der Waals surface area contributed by atoms with Gasteiger partial charge in [-0.05, 0) is 31.5 Å². The second kappa shape index (κ2) is 6.86. The molecule has 1 rings (SSSR count). The lowest BCUT2D eigenvalue weighted by Gasteiger charge is -2.14. The Morgan fingerprint density at radius 3 is 2.63 bits per heavy atom. The van der Waals surface area contributed by atoms with Gasteiger partial charge in [0.05, 0.1) is 10.6 Å². The molecule has 0 saturated heterocycles. The summed E-state index contributed by atoms with van der Waals surface area (Å²) < 4.78 is 39.7. The Balaban J connectivity index is 2.72. The SMILES string of the molecule is CCCCCC(C)NS(=O)(=O)c1ccc(F)c(N)c1. The molecular weight excluding hydrogens is 267 g/mol. The average molecular weight is 288 g/mol. The molecule has 0 amide bonds. The van der Waals surface area contributed by atoms with E-state index in [0.717, 1.165) is 37.8 Å². The quantitative estimate of drug-likeness (QED) is 0.598. The molecule has 0 spiro atoms. The largest absolute Gasteiger partial charge is 0.396 e. The molecule has 1 aromatic rings. The third-order valence-corrected chi connectivity index (χ3v) is 4.46. The maximum atomic E-state index is 13.0. The summed E-state index contributed by atoms with van der Waals surface area (Å²) in [6, 6.07) is 3.26. The summed E-state index contributed by atoms with van der Waals surface area (Å²) in [5.41, 5.74) is 5.21. The molecule has 3 N–H and O–H groups in total. The second-order valence-electron chi connectivity index (χ2n) is 4.70. The fraction of sp³-hybridized carbons (Fsp3) is 0.538. The predicted octanol–water partition coefficient (Wildman–Crippen LogP) is 2.66. The molecule has 0 aliphatic rings. The van der Waals surface area contributed by atoms with Crippen molar-refractivity contribution < 1.29 is 12.8 Å². The molecule has 108 valence electrons. The Labute approximate surface area is 114 Å². The summed E-state index contributed by atoms with van der Waals surface area (Å²) in [5.74, 6) is -0.616. The molecule has 0 aromatic heterocycles. The molecular formula is C13H21FN2O2S. The van der Waals surface area contributed by atoms with Crippen molar-refractivity contribution in [1.29, 1.82) is 0 Å². The monoisotopic (exact) mass is 288 g/mol. The van der Waals surface area contributed by atoms with Gasteiger partial charge in [-0.3, -0.25) is 0 Å². The molecule has 0 fully saturated rings. The number of nitrogens with two attached hydrogens (primary N) is 1. The van der Waals surface area contributed by atoms with Crippen LogP contribution in [0.2, 0.25) is 0 Å². The van der Waals surface area contributed by atoms with Gasteiger partial charge in [-0.25, -0.2) is 17.5 Å². The minimum absolute atomic E-state index is 0.00579. The zero-order valence-electron chi connectivity index (χ0n) is 11.3. The lowest BCUT2D eigenvalue weighted by molar-refractivity contribution is 0.527. The van der Waals surface area contributed by atoms with Gasteiger partial charge >= 0.3 is 0 Å². The maximum absolute atomic E-state index is 13.0. The highest BCUT2D eigenvalue weighted by molar-refractivity contribution is 7.89. The number of nitrogen functional groups attached to an aromatic ring is 1. The Bertz CT molecular complexity index is 517. The molecule has 0 heterocycles. The van der Waals surface area contributed by atoms with Crippen molar-refractivity contribution in [1.82, 2.24) is 4.72 Å². The zero-order valence-corrected chi connectivity index (χ0v) is 12.1. The van der Waals surface area contributed by atoms with Crippen LogP contribution >= 0.6 is 0 Å². The summed E-state index contributed by atoms with van der Waals surface area (Å²) in [5, 5.41) is 0. The third kappa shape index (κ3) is 4.80. The van der Waals surface area contributed by atoms with Crippen molar-refractivity contribution in [3.8, 4) is 0 Å². The summed E-state index contributed by atoms with van der Waals surface area (Å²) in [7, 11) is -3.63. The highest BCUT2D eigenvalue weighted by Gasteiger charge is 2.18. The second-order valence-corrected chi connectivity index (χ2v) is 6.42. The first kappa shape index (κ1) is 15.9. The van der Waals surface area contributed by atoms with E-state index in [1.54, 1.807) is 0 Å². The summed E-state index contributed by atoms with van der Waals surface area (Å²) in [4.78, 5) is -0.00579. The van der Waals surface area contributed by atoms with E-state index in [2.05, 4.69) is 11.6 Å². The molecule has 19 heavy (non-hydrogen) atoms. The van der Waals surface area contributed by atoms with Gasteiger partial charge in [0.15, 0.2) is 0 Å². The standard InChI is InChI=1S/C13H21FN2O2S/c1-3-4-5-6-10(2)16-19(17,18)11-7-8-12(14)13(15)9-11/h7-10,16H,3-6,15H2,1-2H3. The Hall–Kier alpha value is -1.14. The first-order valence-electron chi connectivity index (χ1n) is 6.44. The van der Waals surface area contributed by atoms with E-state index in [-0.39, 0.29) is 16.6 Å². The molecule has 0 radical (unpaired) electrons. The van der Waals surface area contributed by atoms with Crippen LogP contribution in [0.25, 0.3) is 0 Å². The smallest absolute Gasteiger partial charge is 0.240 e. The molecule has 1 unspecified atom stereocenters. The molecule has 4 nitrogen and oxygen atoms in total. The maximum Gasteiger partial charge on any atom is 0.240 e. The van der Waals surface area contributed by atoms with Gasteiger partial charge in [0, 0.05) is 6.04 Å². The van der Waals surface area contributed by atoms with Crippen LogP contribution in [0.5, 0.6) is 0 Å². The first-order valence-corrected chi connectivity index (χ1v) is 7.92. The van der Waals surface area contributed by atoms with Crippen molar-refractivity contribution in [2.45, 2.75) is 50.5 Å². The minimum atomic E-state index is -3.63. The zero-order chi connectivity index (χ0) is 14.5. The van der Waals surface area contributed by atoms with Crippen LogP contribution in [-0.2, 0) is 10.0 Å². The lowest BCUT2D eigenvalue weighted by Crippen LogP contribution is -2.32. The van der Waals surface area contributed by atoms with E-state index in [1.807, 2.05) is 6.92 Å². The number of nitrogens with one attached hydrogen (secondary N) is 1. The summed E-state index contributed by atoms with van der Waals surface area (Å²) in [6.45, 7) is 3.91. The van der Waals surface area contributed by atoms with E-state index in [4.69, 9.17) is 5.73 Å². The van der Waals surface area contributed by atoms with E-state index in [1.165, 1.54) is 6.07 Å². The normalized spacial score (nSPS) is 13.4. The fourth-order valence-corrected chi connectivity index (χ4v) is 3.09. The van der Waals surface area contributed by atoms with Crippen LogP contribution < -0.4 is 10.5 Å². The van der Waals surface area contributed by atoms with Crippen molar-refractivity contribution in [3.63, 3.8) is 0 Å².